The van der Waals surface area contributed by atoms with E-state index in [1.54, 1.807) is 6.92 Å². The molecule has 0 amide bonds. The Morgan fingerprint density at radius 2 is 1.56 bits per heavy atom. The zero-order valence-corrected chi connectivity index (χ0v) is 12.0. The summed E-state index contributed by atoms with van der Waals surface area (Å²) in [5.74, 6) is 0.840. The predicted octanol–water partition coefficient (Wildman–Crippen LogP) is 5.10. The van der Waals surface area contributed by atoms with Gasteiger partial charge in [-0.15, -0.1) is 0 Å². The molecule has 1 aromatic rings. The Morgan fingerprint density at radius 3 is 1.89 bits per heavy atom. The van der Waals surface area contributed by atoms with Crippen LogP contribution < -0.4 is 0 Å². The molecule has 0 saturated carbocycles. The van der Waals surface area contributed by atoms with E-state index in [0.717, 1.165) is 5.69 Å². The van der Waals surface area contributed by atoms with Crippen molar-refractivity contribution < 1.29 is 5.11 Å². The van der Waals surface area contributed by atoms with E-state index in [2.05, 4.69) is 57.5 Å². The van der Waals surface area contributed by atoms with Crippen molar-refractivity contribution in [3.8, 4) is 0 Å². The second-order valence-electron chi connectivity index (χ2n) is 5.24. The molecule has 0 fully saturated rings. The molecular weight excluding hydrogens is 222 g/mol. The second-order valence-corrected chi connectivity index (χ2v) is 5.24. The molecule has 0 aliphatic heterocycles. The Labute approximate surface area is 110 Å². The zero-order valence-electron chi connectivity index (χ0n) is 12.0. The summed E-state index contributed by atoms with van der Waals surface area (Å²) in [7, 11) is 0. The van der Waals surface area contributed by atoms with Gasteiger partial charge in [-0.3, -0.25) is 0 Å². The highest BCUT2D eigenvalue weighted by molar-refractivity contribution is 5.97. The number of benzene rings is 1. The van der Waals surface area contributed by atoms with Crippen molar-refractivity contribution in [3.05, 3.63) is 41.7 Å². The van der Waals surface area contributed by atoms with Crippen molar-refractivity contribution in [1.82, 2.24) is 0 Å². The highest BCUT2D eigenvalue weighted by Crippen LogP contribution is 2.34. The lowest BCUT2D eigenvalue weighted by molar-refractivity contribution is 0.445. The van der Waals surface area contributed by atoms with Crippen LogP contribution in [0, 0.1) is 0 Å². The van der Waals surface area contributed by atoms with Gasteiger partial charge in [-0.05, 0) is 29.9 Å². The van der Waals surface area contributed by atoms with E-state index in [9.17, 15) is 5.11 Å². The maximum atomic E-state index is 9.42. The number of aliphatic imine (C=N–C) groups is 1. The Bertz CT molecular complexity index is 444. The smallest absolute Gasteiger partial charge is 0.129 e. The van der Waals surface area contributed by atoms with E-state index >= 15 is 0 Å². The predicted molar refractivity (Wildman–Crippen MR) is 79.2 cm³/mol. The molecule has 0 aliphatic rings. The molecule has 1 N–H and O–H groups in total. The maximum absolute atomic E-state index is 9.42. The first-order valence-electron chi connectivity index (χ1n) is 6.41. The van der Waals surface area contributed by atoms with E-state index in [-0.39, 0.29) is 5.76 Å². The van der Waals surface area contributed by atoms with E-state index in [1.165, 1.54) is 11.1 Å². The number of hydrogen-bond acceptors (Lipinski definition) is 2. The molecule has 1 rings (SSSR count). The topological polar surface area (TPSA) is 32.6 Å². The Kier molecular flexibility index (Phi) is 4.71. The lowest BCUT2D eigenvalue weighted by atomic mass is 9.93. The lowest BCUT2D eigenvalue weighted by Gasteiger charge is -2.16. The average Bonchev–Trinajstić information content (AvgIpc) is 2.28. The molecule has 0 aromatic heterocycles. The van der Waals surface area contributed by atoms with Crippen LogP contribution in [-0.4, -0.2) is 10.8 Å². The largest absolute Gasteiger partial charge is 0.507 e. The molecule has 0 heterocycles. The first-order chi connectivity index (χ1) is 8.34. The number of rotatable bonds is 4. The summed E-state index contributed by atoms with van der Waals surface area (Å²) in [5.41, 5.74) is 3.98. The minimum absolute atomic E-state index is 0.0308. The second kappa shape index (κ2) is 5.85. The summed E-state index contributed by atoms with van der Waals surface area (Å²) in [6, 6.07) is 6.28. The van der Waals surface area contributed by atoms with Gasteiger partial charge in [-0.1, -0.05) is 52.5 Å². The fourth-order valence-corrected chi connectivity index (χ4v) is 1.87. The van der Waals surface area contributed by atoms with Crippen molar-refractivity contribution in [2.75, 3.05) is 0 Å². The van der Waals surface area contributed by atoms with E-state index in [4.69, 9.17) is 0 Å². The summed E-state index contributed by atoms with van der Waals surface area (Å²) in [4.78, 5) is 4.57. The van der Waals surface area contributed by atoms with Gasteiger partial charge in [0.15, 0.2) is 0 Å². The first-order valence-corrected chi connectivity index (χ1v) is 6.41. The summed E-state index contributed by atoms with van der Waals surface area (Å²) < 4.78 is 0. The van der Waals surface area contributed by atoms with Gasteiger partial charge < -0.3 is 5.11 Å². The number of aliphatic hydroxyl groups excluding tert-OH is 1. The third-order valence-corrected chi connectivity index (χ3v) is 3.04. The highest BCUT2D eigenvalue weighted by Gasteiger charge is 2.13. The van der Waals surface area contributed by atoms with Crippen LogP contribution >= 0.6 is 0 Å². The maximum Gasteiger partial charge on any atom is 0.129 e. The molecule has 0 radical (unpaired) electrons. The number of hydrogen-bond donors (Lipinski definition) is 1. The van der Waals surface area contributed by atoms with Crippen molar-refractivity contribution in [3.63, 3.8) is 0 Å². The molecule has 0 spiro atoms. The van der Waals surface area contributed by atoms with Crippen LogP contribution in [0.2, 0.25) is 0 Å². The molecule has 0 bridgehead atoms. The van der Waals surface area contributed by atoms with Gasteiger partial charge in [0.25, 0.3) is 0 Å². The number of nitrogens with zero attached hydrogens (tertiary/aromatic N) is 1. The van der Waals surface area contributed by atoms with Gasteiger partial charge in [0.2, 0.25) is 0 Å². The van der Waals surface area contributed by atoms with Gasteiger partial charge in [0, 0.05) is 0 Å². The molecule has 0 atom stereocenters. The molecule has 2 heteroatoms. The third-order valence-electron chi connectivity index (χ3n) is 3.04. The fourth-order valence-electron chi connectivity index (χ4n) is 1.87. The van der Waals surface area contributed by atoms with Crippen LogP contribution in [-0.2, 0) is 0 Å². The van der Waals surface area contributed by atoms with Crippen LogP contribution in [0.3, 0.4) is 0 Å². The van der Waals surface area contributed by atoms with Crippen LogP contribution in [0.25, 0.3) is 0 Å². The van der Waals surface area contributed by atoms with Crippen LogP contribution in [0.1, 0.15) is 57.6 Å². The molecule has 0 unspecified atom stereocenters. The summed E-state index contributed by atoms with van der Waals surface area (Å²) in [6.45, 7) is 13.9. The van der Waals surface area contributed by atoms with E-state index in [0.29, 0.717) is 17.5 Å². The fraction of sp³-hybridized carbons (Fsp3) is 0.438. The van der Waals surface area contributed by atoms with Gasteiger partial charge in [0.05, 0.1) is 11.4 Å². The van der Waals surface area contributed by atoms with Crippen LogP contribution in [0.15, 0.2) is 35.5 Å². The van der Waals surface area contributed by atoms with Gasteiger partial charge in [0.1, 0.15) is 5.76 Å². The summed E-state index contributed by atoms with van der Waals surface area (Å²) in [6.07, 6.45) is 0. The monoisotopic (exact) mass is 245 g/mol. The minimum Gasteiger partial charge on any atom is -0.507 e. The molecule has 2 nitrogen and oxygen atoms in total. The Balaban J connectivity index is 3.45. The van der Waals surface area contributed by atoms with Crippen molar-refractivity contribution >= 4 is 11.4 Å². The quantitative estimate of drug-likeness (QED) is 0.581. The van der Waals surface area contributed by atoms with Crippen LogP contribution in [0.5, 0.6) is 0 Å². The molecule has 0 saturated heterocycles. The van der Waals surface area contributed by atoms with Crippen molar-refractivity contribution in [2.24, 2.45) is 4.99 Å². The molecule has 0 aliphatic carbocycles. The van der Waals surface area contributed by atoms with Gasteiger partial charge in [-0.25, -0.2) is 4.99 Å². The normalized spacial score (nSPS) is 12.3. The standard InChI is InChI=1S/C16H23NO/c1-10(2)14-8-7-9-15(11(3)4)16(14)17-12(5)13(6)18/h7-11,18H,6H2,1-5H3. The number of aliphatic hydroxyl groups is 1. The summed E-state index contributed by atoms with van der Waals surface area (Å²) in [5, 5.41) is 9.42. The highest BCUT2D eigenvalue weighted by atomic mass is 16.3. The van der Waals surface area contributed by atoms with E-state index in [1.807, 2.05) is 0 Å². The van der Waals surface area contributed by atoms with Crippen molar-refractivity contribution in [1.29, 1.82) is 0 Å². The summed E-state index contributed by atoms with van der Waals surface area (Å²) >= 11 is 0. The third kappa shape index (κ3) is 3.22. The lowest BCUT2D eigenvalue weighted by Crippen LogP contribution is -1.99. The van der Waals surface area contributed by atoms with Gasteiger partial charge >= 0.3 is 0 Å². The van der Waals surface area contributed by atoms with Crippen LogP contribution in [0.4, 0.5) is 5.69 Å². The molecule has 1 aromatic carbocycles. The zero-order chi connectivity index (χ0) is 13.9. The first kappa shape index (κ1) is 14.5. The Morgan fingerprint density at radius 1 is 1.11 bits per heavy atom. The number of para-hydroxylation sites is 1. The average molecular weight is 245 g/mol. The SMILES string of the molecule is C=C(O)C(C)=Nc1c(C(C)C)cccc1C(C)C. The van der Waals surface area contributed by atoms with Crippen molar-refractivity contribution in [2.45, 2.75) is 46.5 Å². The minimum atomic E-state index is 0.0308. The molecule has 98 valence electrons. The molecule has 18 heavy (non-hydrogen) atoms. The Hall–Kier alpha value is -1.57. The van der Waals surface area contributed by atoms with E-state index < -0.39 is 0 Å². The van der Waals surface area contributed by atoms with Gasteiger partial charge in [-0.2, -0.15) is 0 Å². The number of allylic oxidation sites excluding steroid dienone is 1. The molecular formula is C16H23NO.